The molecule has 0 saturated carbocycles. The van der Waals surface area contributed by atoms with Gasteiger partial charge in [-0.15, -0.1) is 0 Å². The van der Waals surface area contributed by atoms with Crippen molar-refractivity contribution in [1.82, 2.24) is 15.5 Å². The van der Waals surface area contributed by atoms with Crippen molar-refractivity contribution in [2.75, 3.05) is 6.54 Å². The molecule has 1 aromatic heterocycles. The Kier molecular flexibility index (Phi) is 4.83. The predicted octanol–water partition coefficient (Wildman–Crippen LogP) is 0.543. The fourth-order valence-corrected chi connectivity index (χ4v) is 3.05. The summed E-state index contributed by atoms with van der Waals surface area (Å²) in [5.41, 5.74) is 0.633. The molecule has 0 aliphatic carbocycles. The summed E-state index contributed by atoms with van der Waals surface area (Å²) in [5.74, 6) is -0.404. The number of carbonyl (C=O) groups is 1. The highest BCUT2D eigenvalue weighted by Crippen LogP contribution is 2.12. The molecule has 8 nitrogen and oxygen atoms in total. The zero-order valence-electron chi connectivity index (χ0n) is 13.6. The number of nitrogens with zero attached hydrogens (tertiary/aromatic N) is 1. The number of hydrogen-bond acceptors (Lipinski definition) is 5. The van der Waals surface area contributed by atoms with Crippen LogP contribution in [0.25, 0.3) is 10.8 Å². The molecule has 0 unspecified atom stereocenters. The van der Waals surface area contributed by atoms with Crippen molar-refractivity contribution in [3.63, 3.8) is 0 Å². The first-order valence-electron chi connectivity index (χ1n) is 7.73. The topological polar surface area (TPSA) is 135 Å². The molecular weight excluding hydrogens is 356 g/mol. The molecule has 3 rings (SSSR count). The van der Waals surface area contributed by atoms with Crippen molar-refractivity contribution >= 4 is 26.7 Å². The van der Waals surface area contributed by atoms with Gasteiger partial charge in [0.05, 0.1) is 10.3 Å². The lowest BCUT2D eigenvalue weighted by Crippen LogP contribution is -2.28. The molecule has 0 fully saturated rings. The third kappa shape index (κ3) is 3.79. The first kappa shape index (κ1) is 17.8. The Balaban J connectivity index is 1.68. The average Bonchev–Trinajstić information content (AvgIpc) is 2.62. The van der Waals surface area contributed by atoms with Gasteiger partial charge >= 0.3 is 0 Å². The number of carbonyl (C=O) groups excluding carboxylic acids is 1. The molecule has 1 heterocycles. The van der Waals surface area contributed by atoms with Crippen molar-refractivity contribution in [2.24, 2.45) is 5.14 Å². The summed E-state index contributed by atoms with van der Waals surface area (Å²) in [6.45, 7) is 0.322. The van der Waals surface area contributed by atoms with Crippen molar-refractivity contribution in [2.45, 2.75) is 11.3 Å². The zero-order valence-corrected chi connectivity index (χ0v) is 14.4. The smallest absolute Gasteiger partial charge is 0.272 e. The summed E-state index contributed by atoms with van der Waals surface area (Å²) < 4.78 is 22.4. The van der Waals surface area contributed by atoms with E-state index in [0.29, 0.717) is 23.7 Å². The minimum atomic E-state index is -3.72. The number of amides is 1. The number of aromatic nitrogens is 2. The SMILES string of the molecule is NS(=O)(=O)c1ccc(CCNC(=O)c2n[nH]c(=O)c3ccccc23)cc1. The van der Waals surface area contributed by atoms with Crippen molar-refractivity contribution < 1.29 is 13.2 Å². The Morgan fingerprint density at radius 2 is 1.73 bits per heavy atom. The van der Waals surface area contributed by atoms with Crippen molar-refractivity contribution in [1.29, 1.82) is 0 Å². The van der Waals surface area contributed by atoms with E-state index < -0.39 is 15.9 Å². The Morgan fingerprint density at radius 3 is 2.38 bits per heavy atom. The van der Waals surface area contributed by atoms with Crippen molar-refractivity contribution in [3.05, 3.63) is 70.1 Å². The minimum absolute atomic E-state index is 0.0363. The number of nitrogens with two attached hydrogens (primary N) is 1. The maximum Gasteiger partial charge on any atom is 0.272 e. The molecule has 0 aliphatic heterocycles. The van der Waals surface area contributed by atoms with Crippen LogP contribution in [0.4, 0.5) is 0 Å². The quantitative estimate of drug-likeness (QED) is 0.601. The van der Waals surface area contributed by atoms with Gasteiger partial charge < -0.3 is 5.32 Å². The molecule has 0 atom stereocenters. The number of fused-ring (bicyclic) bond motifs is 1. The van der Waals surface area contributed by atoms with Gasteiger partial charge in [0, 0.05) is 11.9 Å². The van der Waals surface area contributed by atoms with E-state index in [1.54, 1.807) is 36.4 Å². The van der Waals surface area contributed by atoms with E-state index >= 15 is 0 Å². The van der Waals surface area contributed by atoms with E-state index in [2.05, 4.69) is 15.5 Å². The van der Waals surface area contributed by atoms with E-state index in [4.69, 9.17) is 5.14 Å². The number of hydrogen-bond donors (Lipinski definition) is 3. The summed E-state index contributed by atoms with van der Waals surface area (Å²) in [4.78, 5) is 24.1. The number of nitrogens with one attached hydrogen (secondary N) is 2. The van der Waals surface area contributed by atoms with Crippen LogP contribution in [0.3, 0.4) is 0 Å². The van der Waals surface area contributed by atoms with E-state index in [-0.39, 0.29) is 16.1 Å². The number of sulfonamides is 1. The van der Waals surface area contributed by atoms with Crippen molar-refractivity contribution in [3.8, 4) is 0 Å². The van der Waals surface area contributed by atoms with Crippen LogP contribution < -0.4 is 16.0 Å². The number of H-pyrrole nitrogens is 1. The first-order valence-corrected chi connectivity index (χ1v) is 9.28. The van der Waals surface area contributed by atoms with Crippen LogP contribution in [0.1, 0.15) is 16.1 Å². The van der Waals surface area contributed by atoms with Crippen LogP contribution in [-0.4, -0.2) is 31.1 Å². The van der Waals surface area contributed by atoms with Crippen LogP contribution in [0, 0.1) is 0 Å². The minimum Gasteiger partial charge on any atom is -0.350 e. The molecule has 0 saturated heterocycles. The average molecular weight is 372 g/mol. The Morgan fingerprint density at radius 1 is 1.08 bits per heavy atom. The van der Waals surface area contributed by atoms with E-state index in [9.17, 15) is 18.0 Å². The third-order valence-corrected chi connectivity index (χ3v) is 4.79. The highest BCUT2D eigenvalue weighted by molar-refractivity contribution is 7.89. The molecule has 0 bridgehead atoms. The van der Waals surface area contributed by atoms with Crippen LogP contribution in [0.2, 0.25) is 0 Å². The molecule has 0 aliphatic rings. The Labute approximate surface area is 149 Å². The van der Waals surface area contributed by atoms with Gasteiger partial charge in [0.2, 0.25) is 10.0 Å². The monoisotopic (exact) mass is 372 g/mol. The maximum absolute atomic E-state index is 12.4. The molecule has 1 amide bonds. The fourth-order valence-electron chi connectivity index (χ4n) is 2.54. The second-order valence-corrected chi connectivity index (χ2v) is 7.20. The normalized spacial score (nSPS) is 11.4. The lowest BCUT2D eigenvalue weighted by Gasteiger charge is -2.07. The highest BCUT2D eigenvalue weighted by Gasteiger charge is 2.13. The molecule has 0 radical (unpaired) electrons. The van der Waals surface area contributed by atoms with Gasteiger partial charge in [-0.25, -0.2) is 18.7 Å². The summed E-state index contributed by atoms with van der Waals surface area (Å²) in [6, 6.07) is 12.8. The molecule has 134 valence electrons. The summed E-state index contributed by atoms with van der Waals surface area (Å²) in [6.07, 6.45) is 0.498. The van der Waals surface area contributed by atoms with E-state index in [1.807, 2.05) is 0 Å². The molecule has 26 heavy (non-hydrogen) atoms. The van der Waals surface area contributed by atoms with Gasteiger partial charge in [0.15, 0.2) is 5.69 Å². The van der Waals surface area contributed by atoms with Crippen LogP contribution in [0.5, 0.6) is 0 Å². The standard InChI is InChI=1S/C17H16N4O4S/c18-26(24,25)12-7-5-11(6-8-12)9-10-19-17(23)15-13-3-1-2-4-14(13)16(22)21-20-15/h1-8H,9-10H2,(H,19,23)(H,21,22)(H2,18,24,25). The highest BCUT2D eigenvalue weighted by atomic mass is 32.2. The molecule has 3 aromatic rings. The van der Waals surface area contributed by atoms with Gasteiger partial charge in [0.1, 0.15) is 0 Å². The van der Waals surface area contributed by atoms with Gasteiger partial charge in [-0.3, -0.25) is 9.59 Å². The fraction of sp³-hybridized carbons (Fsp3) is 0.118. The number of benzene rings is 2. The summed E-state index contributed by atoms with van der Waals surface area (Å²) in [7, 11) is -3.72. The maximum atomic E-state index is 12.4. The van der Waals surface area contributed by atoms with Gasteiger partial charge in [0.25, 0.3) is 11.5 Å². The third-order valence-electron chi connectivity index (χ3n) is 3.86. The van der Waals surface area contributed by atoms with Gasteiger partial charge in [-0.05, 0) is 30.2 Å². The zero-order chi connectivity index (χ0) is 18.7. The van der Waals surface area contributed by atoms with E-state index in [1.165, 1.54) is 12.1 Å². The number of rotatable bonds is 5. The molecular formula is C17H16N4O4S. The molecule has 2 aromatic carbocycles. The predicted molar refractivity (Wildman–Crippen MR) is 96.2 cm³/mol. The van der Waals surface area contributed by atoms with E-state index in [0.717, 1.165) is 5.56 Å². The first-order chi connectivity index (χ1) is 12.4. The largest absolute Gasteiger partial charge is 0.350 e. The van der Waals surface area contributed by atoms with Crippen LogP contribution >= 0.6 is 0 Å². The van der Waals surface area contributed by atoms with Gasteiger partial charge in [-0.1, -0.05) is 30.3 Å². The summed E-state index contributed by atoms with van der Waals surface area (Å²) in [5, 5.41) is 14.8. The van der Waals surface area contributed by atoms with Crippen LogP contribution in [-0.2, 0) is 16.4 Å². The number of primary sulfonamides is 1. The molecule has 4 N–H and O–H groups in total. The molecule has 9 heteroatoms. The Bertz CT molecular complexity index is 1120. The van der Waals surface area contributed by atoms with Gasteiger partial charge in [-0.2, -0.15) is 5.10 Å². The number of aromatic amines is 1. The summed E-state index contributed by atoms with van der Waals surface area (Å²) >= 11 is 0. The Hall–Kier alpha value is -3.04. The molecule has 0 spiro atoms. The lowest BCUT2D eigenvalue weighted by molar-refractivity contribution is 0.0950. The lowest BCUT2D eigenvalue weighted by atomic mass is 10.1. The second kappa shape index (κ2) is 7.06. The van der Waals surface area contributed by atoms with Crippen LogP contribution in [0.15, 0.2) is 58.2 Å². The second-order valence-electron chi connectivity index (χ2n) is 5.64.